The molecule has 0 saturated heterocycles. The Morgan fingerprint density at radius 2 is 2.17 bits per heavy atom. The van der Waals surface area contributed by atoms with Crippen molar-refractivity contribution in [1.29, 1.82) is 0 Å². The third-order valence-corrected chi connectivity index (χ3v) is 2.76. The number of carbonyl (C=O) groups is 1. The van der Waals surface area contributed by atoms with Gasteiger partial charge in [0.2, 0.25) is 0 Å². The van der Waals surface area contributed by atoms with Crippen LogP contribution in [-0.2, 0) is 4.74 Å². The number of hydrogen-bond donors (Lipinski definition) is 2. The van der Waals surface area contributed by atoms with E-state index in [9.17, 15) is 4.79 Å². The zero-order chi connectivity index (χ0) is 13.7. The van der Waals surface area contributed by atoms with Gasteiger partial charge in [-0.15, -0.1) is 0 Å². The lowest BCUT2D eigenvalue weighted by Gasteiger charge is -2.29. The number of aliphatic hydroxyl groups excluding tert-OH is 1. The zero-order valence-corrected chi connectivity index (χ0v) is 11.0. The predicted octanol–water partition coefficient (Wildman–Crippen LogP) is 1.26. The Hall–Kier alpha value is -1.75. The van der Waals surface area contributed by atoms with E-state index in [4.69, 9.17) is 10.8 Å². The monoisotopic (exact) mass is 252 g/mol. The van der Waals surface area contributed by atoms with Gasteiger partial charge in [-0.05, 0) is 26.0 Å². The predicted molar refractivity (Wildman–Crippen MR) is 71.8 cm³/mol. The Kier molecular flexibility index (Phi) is 4.97. The summed E-state index contributed by atoms with van der Waals surface area (Å²) in [4.78, 5) is 13.5. The highest BCUT2D eigenvalue weighted by Crippen LogP contribution is 2.28. The molecule has 0 aromatic heterocycles. The summed E-state index contributed by atoms with van der Waals surface area (Å²) in [5.41, 5.74) is 7.47. The van der Waals surface area contributed by atoms with Crippen molar-refractivity contribution in [2.75, 3.05) is 30.9 Å². The molecule has 0 amide bonds. The SMILES string of the molecule is COC(=O)c1cccc(N(CCO)C(C)C)c1N. The van der Waals surface area contributed by atoms with Crippen molar-refractivity contribution >= 4 is 17.3 Å². The van der Waals surface area contributed by atoms with Gasteiger partial charge in [0.1, 0.15) is 0 Å². The van der Waals surface area contributed by atoms with E-state index in [0.717, 1.165) is 5.69 Å². The first-order chi connectivity index (χ1) is 8.52. The van der Waals surface area contributed by atoms with Crippen LogP contribution >= 0.6 is 0 Å². The quantitative estimate of drug-likeness (QED) is 0.609. The van der Waals surface area contributed by atoms with Crippen molar-refractivity contribution in [2.45, 2.75) is 19.9 Å². The van der Waals surface area contributed by atoms with Gasteiger partial charge in [0, 0.05) is 12.6 Å². The fourth-order valence-electron chi connectivity index (χ4n) is 1.86. The van der Waals surface area contributed by atoms with Crippen LogP contribution in [0.25, 0.3) is 0 Å². The minimum absolute atomic E-state index is 0.0278. The van der Waals surface area contributed by atoms with Crippen LogP contribution in [0.15, 0.2) is 18.2 Å². The summed E-state index contributed by atoms with van der Waals surface area (Å²) in [5, 5.41) is 9.09. The lowest BCUT2D eigenvalue weighted by atomic mass is 10.1. The van der Waals surface area contributed by atoms with Gasteiger partial charge < -0.3 is 20.5 Å². The molecular formula is C13H20N2O3. The van der Waals surface area contributed by atoms with E-state index in [1.165, 1.54) is 7.11 Å². The lowest BCUT2D eigenvalue weighted by Crippen LogP contribution is -2.34. The van der Waals surface area contributed by atoms with E-state index < -0.39 is 5.97 Å². The molecule has 1 aromatic carbocycles. The number of aliphatic hydroxyl groups is 1. The summed E-state index contributed by atoms with van der Waals surface area (Å²) >= 11 is 0. The number of ether oxygens (including phenoxy) is 1. The molecule has 0 spiro atoms. The van der Waals surface area contributed by atoms with Crippen molar-refractivity contribution in [3.8, 4) is 0 Å². The smallest absolute Gasteiger partial charge is 0.340 e. The highest BCUT2D eigenvalue weighted by Gasteiger charge is 2.18. The molecule has 0 aliphatic heterocycles. The lowest BCUT2D eigenvalue weighted by molar-refractivity contribution is 0.0602. The summed E-state index contributed by atoms with van der Waals surface area (Å²) in [6.07, 6.45) is 0. The van der Waals surface area contributed by atoms with Gasteiger partial charge in [-0.3, -0.25) is 0 Å². The molecule has 5 heteroatoms. The molecule has 100 valence electrons. The molecular weight excluding hydrogens is 232 g/mol. The van der Waals surface area contributed by atoms with Crippen molar-refractivity contribution < 1.29 is 14.6 Å². The molecule has 18 heavy (non-hydrogen) atoms. The Balaban J connectivity index is 3.19. The fourth-order valence-corrected chi connectivity index (χ4v) is 1.86. The van der Waals surface area contributed by atoms with Gasteiger partial charge in [0.15, 0.2) is 0 Å². The third-order valence-electron chi connectivity index (χ3n) is 2.76. The third kappa shape index (κ3) is 2.92. The molecule has 0 atom stereocenters. The average molecular weight is 252 g/mol. The van der Waals surface area contributed by atoms with Crippen molar-refractivity contribution in [2.24, 2.45) is 0 Å². The molecule has 0 aliphatic rings. The average Bonchev–Trinajstić information content (AvgIpc) is 2.35. The van der Waals surface area contributed by atoms with Crippen molar-refractivity contribution in [3.63, 3.8) is 0 Å². The summed E-state index contributed by atoms with van der Waals surface area (Å²) in [6.45, 7) is 4.49. The molecule has 0 bridgehead atoms. The molecule has 3 N–H and O–H groups in total. The van der Waals surface area contributed by atoms with Crippen LogP contribution < -0.4 is 10.6 Å². The van der Waals surface area contributed by atoms with Crippen LogP contribution in [0.3, 0.4) is 0 Å². The molecule has 0 saturated carbocycles. The highest BCUT2D eigenvalue weighted by molar-refractivity contribution is 5.98. The Bertz CT molecular complexity index is 419. The van der Waals surface area contributed by atoms with Crippen LogP contribution in [0.1, 0.15) is 24.2 Å². The largest absolute Gasteiger partial charge is 0.465 e. The number of methoxy groups -OCH3 is 1. The van der Waals surface area contributed by atoms with Crippen LogP contribution in [0.5, 0.6) is 0 Å². The standard InChI is InChI=1S/C13H20N2O3/c1-9(2)15(7-8-16)11-6-4-5-10(12(11)14)13(17)18-3/h4-6,9,16H,7-8,14H2,1-3H3. The van der Waals surface area contributed by atoms with Gasteiger partial charge in [-0.1, -0.05) is 6.07 Å². The maximum absolute atomic E-state index is 11.6. The minimum atomic E-state index is -0.456. The number of nitrogens with zero attached hydrogens (tertiary/aromatic N) is 1. The second kappa shape index (κ2) is 6.26. The van der Waals surface area contributed by atoms with Crippen LogP contribution in [0, 0.1) is 0 Å². The molecule has 0 heterocycles. The topological polar surface area (TPSA) is 75.8 Å². The maximum Gasteiger partial charge on any atom is 0.340 e. The molecule has 5 nitrogen and oxygen atoms in total. The Labute approximate surface area is 107 Å². The van der Waals surface area contributed by atoms with E-state index in [1.54, 1.807) is 12.1 Å². The van der Waals surface area contributed by atoms with E-state index >= 15 is 0 Å². The molecule has 0 fully saturated rings. The number of benzene rings is 1. The number of esters is 1. The number of anilines is 2. The zero-order valence-electron chi connectivity index (χ0n) is 11.0. The number of nitrogens with two attached hydrogens (primary N) is 1. The minimum Gasteiger partial charge on any atom is -0.465 e. The Morgan fingerprint density at radius 1 is 1.50 bits per heavy atom. The van der Waals surface area contributed by atoms with E-state index in [0.29, 0.717) is 17.8 Å². The number of carbonyl (C=O) groups excluding carboxylic acids is 1. The van der Waals surface area contributed by atoms with E-state index in [2.05, 4.69) is 4.74 Å². The van der Waals surface area contributed by atoms with Gasteiger partial charge in [-0.2, -0.15) is 0 Å². The molecule has 0 aliphatic carbocycles. The first-order valence-corrected chi connectivity index (χ1v) is 5.87. The van der Waals surface area contributed by atoms with Gasteiger partial charge in [0.05, 0.1) is 30.7 Å². The number of rotatable bonds is 5. The van der Waals surface area contributed by atoms with Crippen molar-refractivity contribution in [1.82, 2.24) is 0 Å². The molecule has 0 unspecified atom stereocenters. The molecule has 1 aromatic rings. The summed E-state index contributed by atoms with van der Waals surface area (Å²) in [5.74, 6) is -0.456. The first-order valence-electron chi connectivity index (χ1n) is 5.87. The Morgan fingerprint density at radius 3 is 2.67 bits per heavy atom. The number of para-hydroxylation sites is 1. The van der Waals surface area contributed by atoms with Crippen LogP contribution in [0.2, 0.25) is 0 Å². The normalized spacial score (nSPS) is 10.5. The van der Waals surface area contributed by atoms with E-state index in [-0.39, 0.29) is 12.6 Å². The van der Waals surface area contributed by atoms with Gasteiger partial charge >= 0.3 is 5.97 Å². The number of hydrogen-bond acceptors (Lipinski definition) is 5. The first kappa shape index (κ1) is 14.3. The maximum atomic E-state index is 11.6. The highest BCUT2D eigenvalue weighted by atomic mass is 16.5. The van der Waals surface area contributed by atoms with Gasteiger partial charge in [-0.25, -0.2) is 4.79 Å². The summed E-state index contributed by atoms with van der Waals surface area (Å²) in [6, 6.07) is 5.39. The molecule has 0 radical (unpaired) electrons. The van der Waals surface area contributed by atoms with E-state index in [1.807, 2.05) is 24.8 Å². The van der Waals surface area contributed by atoms with Crippen LogP contribution in [0.4, 0.5) is 11.4 Å². The summed E-state index contributed by atoms with van der Waals surface area (Å²) < 4.78 is 4.69. The molecule has 1 rings (SSSR count). The second-order valence-electron chi connectivity index (χ2n) is 4.24. The second-order valence-corrected chi connectivity index (χ2v) is 4.24. The van der Waals surface area contributed by atoms with Gasteiger partial charge in [0.25, 0.3) is 0 Å². The fraction of sp³-hybridized carbons (Fsp3) is 0.462. The number of nitrogen functional groups attached to an aromatic ring is 1. The summed E-state index contributed by atoms with van der Waals surface area (Å²) in [7, 11) is 1.32. The van der Waals surface area contributed by atoms with Crippen LogP contribution in [-0.4, -0.2) is 37.4 Å². The van der Waals surface area contributed by atoms with Crippen molar-refractivity contribution in [3.05, 3.63) is 23.8 Å².